The van der Waals surface area contributed by atoms with Crippen LogP contribution in [0, 0.1) is 0 Å². The van der Waals surface area contributed by atoms with Gasteiger partial charge in [-0.05, 0) is 68.8 Å². The molecule has 2 heterocycles. The fourth-order valence-corrected chi connectivity index (χ4v) is 4.83. The highest BCUT2D eigenvalue weighted by Crippen LogP contribution is 2.21. The summed E-state index contributed by atoms with van der Waals surface area (Å²) in [5.41, 5.74) is 4.96. The third kappa shape index (κ3) is 8.33. The van der Waals surface area contributed by atoms with Gasteiger partial charge < -0.3 is 28.4 Å². The van der Waals surface area contributed by atoms with Crippen molar-refractivity contribution in [3.63, 3.8) is 0 Å². The van der Waals surface area contributed by atoms with Crippen molar-refractivity contribution in [3.8, 4) is 0 Å². The summed E-state index contributed by atoms with van der Waals surface area (Å²) in [7, 11) is 0. The maximum atomic E-state index is 5.83. The van der Waals surface area contributed by atoms with Crippen molar-refractivity contribution in [2.45, 2.75) is 38.3 Å². The van der Waals surface area contributed by atoms with Crippen molar-refractivity contribution in [1.82, 2.24) is 0 Å². The lowest BCUT2D eigenvalue weighted by Gasteiger charge is -2.09. The third-order valence-corrected chi connectivity index (χ3v) is 7.33. The van der Waals surface area contributed by atoms with Gasteiger partial charge in [0.25, 0.3) is 0 Å². The molecule has 4 aromatic carbocycles. The van der Waals surface area contributed by atoms with E-state index in [1.165, 1.54) is 43.8 Å². The number of rotatable bonds is 17. The summed E-state index contributed by atoms with van der Waals surface area (Å²) in [6.07, 6.45) is 2.39. The molecule has 2 unspecified atom stereocenters. The van der Waals surface area contributed by atoms with Crippen LogP contribution in [0.15, 0.2) is 72.8 Å². The van der Waals surface area contributed by atoms with Crippen molar-refractivity contribution in [2.24, 2.45) is 0 Å². The van der Waals surface area contributed by atoms with Gasteiger partial charge in [0.05, 0.1) is 66.1 Å². The molecule has 2 saturated heterocycles. The van der Waals surface area contributed by atoms with Gasteiger partial charge in [-0.2, -0.15) is 0 Å². The largest absolute Gasteiger partial charge is 0.379 e. The summed E-state index contributed by atoms with van der Waals surface area (Å²) in [4.78, 5) is 0. The van der Waals surface area contributed by atoms with E-state index in [0.29, 0.717) is 65.1 Å². The fourth-order valence-electron chi connectivity index (χ4n) is 4.83. The van der Waals surface area contributed by atoms with Crippen LogP contribution >= 0.6 is 0 Å². The third-order valence-electron chi connectivity index (χ3n) is 7.33. The molecule has 6 heteroatoms. The zero-order valence-electron chi connectivity index (χ0n) is 23.0. The molecule has 0 bridgehead atoms. The van der Waals surface area contributed by atoms with Crippen molar-refractivity contribution in [2.75, 3.05) is 52.9 Å². The monoisotopic (exact) mass is 542 g/mol. The second-order valence-corrected chi connectivity index (χ2v) is 10.7. The van der Waals surface area contributed by atoms with Gasteiger partial charge >= 0.3 is 0 Å². The number of fused-ring (bicyclic) bond motifs is 2. The SMILES string of the molecule is c1cc2cc(COCC3CO3)ccc2cc1CCOCCOCCc1ccc2cc(COCC3CO3)ccc2c1. The first kappa shape index (κ1) is 27.3. The maximum Gasteiger partial charge on any atom is 0.104 e. The van der Waals surface area contributed by atoms with E-state index in [0.717, 1.165) is 26.1 Å². The Labute approximate surface area is 236 Å². The van der Waals surface area contributed by atoms with E-state index in [9.17, 15) is 0 Å². The highest BCUT2D eigenvalue weighted by atomic mass is 16.6. The molecule has 0 aromatic heterocycles. The molecule has 4 aromatic rings. The number of ether oxygens (including phenoxy) is 6. The highest BCUT2D eigenvalue weighted by molar-refractivity contribution is 5.84. The van der Waals surface area contributed by atoms with Crippen molar-refractivity contribution in [1.29, 1.82) is 0 Å². The first-order chi connectivity index (χ1) is 19.8. The van der Waals surface area contributed by atoms with Crippen molar-refractivity contribution < 1.29 is 28.4 Å². The molecule has 0 spiro atoms. The van der Waals surface area contributed by atoms with E-state index >= 15 is 0 Å². The van der Waals surface area contributed by atoms with E-state index in [-0.39, 0.29) is 0 Å². The summed E-state index contributed by atoms with van der Waals surface area (Å²) in [6.45, 7) is 6.89. The van der Waals surface area contributed by atoms with Crippen LogP contribution in [0.3, 0.4) is 0 Å². The minimum atomic E-state index is 0.306. The minimum Gasteiger partial charge on any atom is -0.379 e. The minimum absolute atomic E-state index is 0.306. The van der Waals surface area contributed by atoms with Crippen molar-refractivity contribution in [3.05, 3.63) is 95.1 Å². The lowest BCUT2D eigenvalue weighted by atomic mass is 10.0. The van der Waals surface area contributed by atoms with Gasteiger partial charge in [-0.1, -0.05) is 60.7 Å². The second kappa shape index (κ2) is 13.7. The van der Waals surface area contributed by atoms with Crippen molar-refractivity contribution >= 4 is 21.5 Å². The average Bonchev–Trinajstić information content (AvgIpc) is 3.91. The number of benzene rings is 4. The molecule has 2 aliphatic rings. The molecular formula is C34H38O6. The smallest absolute Gasteiger partial charge is 0.104 e. The molecule has 2 atom stereocenters. The molecule has 0 saturated carbocycles. The summed E-state index contributed by atoms with van der Waals surface area (Å²) in [6, 6.07) is 26.3. The molecule has 40 heavy (non-hydrogen) atoms. The highest BCUT2D eigenvalue weighted by Gasteiger charge is 2.22. The first-order valence-corrected chi connectivity index (χ1v) is 14.4. The maximum absolute atomic E-state index is 5.83. The Kier molecular flexibility index (Phi) is 9.35. The normalized spacial score (nSPS) is 18.0. The van der Waals surface area contributed by atoms with Gasteiger partial charge in [-0.25, -0.2) is 0 Å². The van der Waals surface area contributed by atoms with Gasteiger partial charge in [-0.3, -0.25) is 0 Å². The molecule has 0 radical (unpaired) electrons. The molecular weight excluding hydrogens is 504 g/mol. The second-order valence-electron chi connectivity index (χ2n) is 10.7. The zero-order chi connectivity index (χ0) is 27.0. The quantitative estimate of drug-likeness (QED) is 0.127. The Bertz CT molecular complexity index is 1290. The van der Waals surface area contributed by atoms with Gasteiger partial charge in [0.2, 0.25) is 0 Å². The van der Waals surface area contributed by atoms with Gasteiger partial charge in [0.1, 0.15) is 12.2 Å². The Hall–Kier alpha value is -2.84. The Morgan fingerprint density at radius 2 is 0.850 bits per heavy atom. The van der Waals surface area contributed by atoms with Gasteiger partial charge in [0.15, 0.2) is 0 Å². The summed E-state index contributed by atoms with van der Waals surface area (Å²) < 4.78 is 33.5. The van der Waals surface area contributed by atoms with Crippen LogP contribution in [0.5, 0.6) is 0 Å². The van der Waals surface area contributed by atoms with Crippen LogP contribution in [0.1, 0.15) is 22.3 Å². The molecule has 6 rings (SSSR count). The number of hydrogen-bond acceptors (Lipinski definition) is 6. The predicted octanol–water partition coefficient (Wildman–Crippen LogP) is 5.64. The lowest BCUT2D eigenvalue weighted by Crippen LogP contribution is -2.08. The standard InChI is InChI=1S/C34H38O6/c1-5-31-17-27(19-37-21-33-23-39-33)3-7-29(31)15-25(1)9-11-35-13-14-36-12-10-26-2-6-32-18-28(4-8-30(32)16-26)20-38-22-34-24-40-34/h1-8,15-18,33-34H,9-14,19-24H2. The first-order valence-electron chi connectivity index (χ1n) is 14.4. The molecule has 0 amide bonds. The van der Waals surface area contributed by atoms with Crippen LogP contribution in [-0.2, 0) is 54.5 Å². The Morgan fingerprint density at radius 1 is 0.475 bits per heavy atom. The van der Waals surface area contributed by atoms with E-state index in [4.69, 9.17) is 28.4 Å². The number of epoxide rings is 2. The molecule has 2 fully saturated rings. The zero-order valence-corrected chi connectivity index (χ0v) is 23.0. The summed E-state index contributed by atoms with van der Waals surface area (Å²) in [5.74, 6) is 0. The molecule has 2 aliphatic heterocycles. The van der Waals surface area contributed by atoms with Crippen LogP contribution in [0.25, 0.3) is 21.5 Å². The van der Waals surface area contributed by atoms with E-state index in [1.54, 1.807) is 0 Å². The summed E-state index contributed by atoms with van der Waals surface area (Å²) >= 11 is 0. The van der Waals surface area contributed by atoms with Crippen LogP contribution in [0.2, 0.25) is 0 Å². The van der Waals surface area contributed by atoms with E-state index < -0.39 is 0 Å². The molecule has 210 valence electrons. The topological polar surface area (TPSA) is 62.0 Å². The van der Waals surface area contributed by atoms with E-state index in [1.807, 2.05) is 0 Å². The molecule has 0 N–H and O–H groups in total. The number of hydrogen-bond donors (Lipinski definition) is 0. The Morgan fingerprint density at radius 3 is 1.25 bits per heavy atom. The average molecular weight is 543 g/mol. The molecule has 0 aliphatic carbocycles. The van der Waals surface area contributed by atoms with Crippen LogP contribution < -0.4 is 0 Å². The summed E-state index contributed by atoms with van der Waals surface area (Å²) in [5, 5.41) is 4.97. The van der Waals surface area contributed by atoms with Crippen LogP contribution in [-0.4, -0.2) is 65.1 Å². The van der Waals surface area contributed by atoms with Crippen LogP contribution in [0.4, 0.5) is 0 Å². The predicted molar refractivity (Wildman–Crippen MR) is 156 cm³/mol. The van der Waals surface area contributed by atoms with Gasteiger partial charge in [-0.15, -0.1) is 0 Å². The molecule has 6 nitrogen and oxygen atoms in total. The lowest BCUT2D eigenvalue weighted by molar-refractivity contribution is 0.0501. The van der Waals surface area contributed by atoms with Gasteiger partial charge in [0, 0.05) is 0 Å². The fraction of sp³-hybridized carbons (Fsp3) is 0.412. The Balaban J connectivity index is 0.851. The van der Waals surface area contributed by atoms with E-state index in [2.05, 4.69) is 72.8 Å².